The zero-order chi connectivity index (χ0) is 26.3. The minimum absolute atomic E-state index is 0.120. The Labute approximate surface area is 220 Å². The second kappa shape index (κ2) is 11.3. The van der Waals surface area contributed by atoms with E-state index in [-0.39, 0.29) is 12.3 Å². The maximum Gasteiger partial charge on any atom is 0.228 e. The number of carbonyl (C=O) groups excluding carboxylic acids is 1. The molecule has 0 saturated heterocycles. The highest BCUT2D eigenvalue weighted by Gasteiger charge is 2.12. The van der Waals surface area contributed by atoms with Crippen LogP contribution in [0.25, 0.3) is 10.9 Å². The minimum atomic E-state index is -0.120. The van der Waals surface area contributed by atoms with E-state index < -0.39 is 0 Å². The molecule has 0 unspecified atom stereocenters. The summed E-state index contributed by atoms with van der Waals surface area (Å²) < 4.78 is 16.7. The van der Waals surface area contributed by atoms with E-state index in [9.17, 15) is 4.79 Å². The van der Waals surface area contributed by atoms with Crippen LogP contribution in [0.15, 0.2) is 97.3 Å². The van der Waals surface area contributed by atoms with Crippen molar-refractivity contribution in [1.29, 1.82) is 0 Å². The van der Waals surface area contributed by atoms with Crippen molar-refractivity contribution in [3.63, 3.8) is 0 Å². The van der Waals surface area contributed by atoms with Crippen molar-refractivity contribution in [1.82, 2.24) is 9.97 Å². The highest BCUT2D eigenvalue weighted by atomic mass is 16.5. The number of anilines is 3. The summed E-state index contributed by atoms with van der Waals surface area (Å²) in [6.07, 6.45) is 1.72. The number of nitrogens with one attached hydrogen (secondary N) is 2. The van der Waals surface area contributed by atoms with Gasteiger partial charge in [0.2, 0.25) is 5.91 Å². The van der Waals surface area contributed by atoms with E-state index in [0.29, 0.717) is 28.8 Å². The summed E-state index contributed by atoms with van der Waals surface area (Å²) in [5.41, 5.74) is 3.08. The van der Waals surface area contributed by atoms with Gasteiger partial charge in [0.25, 0.3) is 0 Å². The molecule has 8 heteroatoms. The van der Waals surface area contributed by atoms with Crippen LogP contribution in [-0.2, 0) is 11.2 Å². The molecule has 0 aliphatic heterocycles. The van der Waals surface area contributed by atoms with Gasteiger partial charge >= 0.3 is 0 Å². The van der Waals surface area contributed by atoms with Gasteiger partial charge in [0, 0.05) is 22.8 Å². The van der Waals surface area contributed by atoms with E-state index in [1.54, 1.807) is 14.2 Å². The van der Waals surface area contributed by atoms with Crippen LogP contribution < -0.4 is 24.8 Å². The molecule has 1 amide bonds. The second-order valence-electron chi connectivity index (χ2n) is 8.44. The number of amides is 1. The first-order valence-corrected chi connectivity index (χ1v) is 12.0. The summed E-state index contributed by atoms with van der Waals surface area (Å²) in [6.45, 7) is 0. The van der Waals surface area contributed by atoms with E-state index in [0.717, 1.165) is 27.9 Å². The Morgan fingerprint density at radius 1 is 0.763 bits per heavy atom. The molecule has 1 aromatic heterocycles. The lowest BCUT2D eigenvalue weighted by atomic mass is 10.1. The van der Waals surface area contributed by atoms with Crippen molar-refractivity contribution in [3.05, 3.63) is 103 Å². The zero-order valence-corrected chi connectivity index (χ0v) is 21.0. The van der Waals surface area contributed by atoms with E-state index in [4.69, 9.17) is 14.2 Å². The largest absolute Gasteiger partial charge is 0.493 e. The Morgan fingerprint density at radius 2 is 1.47 bits per heavy atom. The summed E-state index contributed by atoms with van der Waals surface area (Å²) in [4.78, 5) is 21.4. The van der Waals surface area contributed by atoms with Crippen molar-refractivity contribution in [2.24, 2.45) is 0 Å². The average molecular weight is 507 g/mol. The Bertz CT molecular complexity index is 1560. The highest BCUT2D eigenvalue weighted by Crippen LogP contribution is 2.34. The molecule has 0 saturated carbocycles. The summed E-state index contributed by atoms with van der Waals surface area (Å²) in [5, 5.41) is 7.05. The molecule has 0 aliphatic rings. The third kappa shape index (κ3) is 5.82. The van der Waals surface area contributed by atoms with Gasteiger partial charge in [-0.1, -0.05) is 30.3 Å². The predicted molar refractivity (Wildman–Crippen MR) is 148 cm³/mol. The Hall–Kier alpha value is -5.11. The monoisotopic (exact) mass is 506 g/mol. The van der Waals surface area contributed by atoms with Crippen molar-refractivity contribution >= 4 is 34.0 Å². The van der Waals surface area contributed by atoms with Crippen LogP contribution in [-0.4, -0.2) is 30.1 Å². The topological polar surface area (TPSA) is 94.6 Å². The molecular formula is C30H26N4O4. The maximum absolute atomic E-state index is 12.7. The summed E-state index contributed by atoms with van der Waals surface area (Å²) >= 11 is 0. The van der Waals surface area contributed by atoms with Crippen LogP contribution in [0.1, 0.15) is 5.56 Å². The summed E-state index contributed by atoms with van der Waals surface area (Å²) in [7, 11) is 3.17. The number of aromatic nitrogens is 2. The summed E-state index contributed by atoms with van der Waals surface area (Å²) in [6, 6.07) is 28.1. The molecule has 1 heterocycles. The van der Waals surface area contributed by atoms with Gasteiger partial charge in [0.1, 0.15) is 23.6 Å². The van der Waals surface area contributed by atoms with Gasteiger partial charge in [-0.15, -0.1) is 0 Å². The molecule has 0 radical (unpaired) electrons. The molecule has 8 nitrogen and oxygen atoms in total. The lowest BCUT2D eigenvalue weighted by Crippen LogP contribution is -2.14. The highest BCUT2D eigenvalue weighted by molar-refractivity contribution is 5.94. The van der Waals surface area contributed by atoms with Gasteiger partial charge in [-0.2, -0.15) is 0 Å². The molecule has 4 aromatic carbocycles. The van der Waals surface area contributed by atoms with Crippen LogP contribution in [0.4, 0.5) is 17.2 Å². The quantitative estimate of drug-likeness (QED) is 0.240. The van der Waals surface area contributed by atoms with Crippen LogP contribution in [0.3, 0.4) is 0 Å². The SMILES string of the molecule is COc1cc2ncnc(Nc3ccc(NC(=O)Cc4cccc(Oc5ccccc5)c4)cc3)c2cc1OC. The third-order valence-corrected chi connectivity index (χ3v) is 5.81. The lowest BCUT2D eigenvalue weighted by Gasteiger charge is -2.12. The molecule has 0 aliphatic carbocycles. The molecule has 0 atom stereocenters. The molecule has 0 fully saturated rings. The van der Waals surface area contributed by atoms with Gasteiger partial charge < -0.3 is 24.8 Å². The molecule has 0 bridgehead atoms. The predicted octanol–water partition coefficient (Wildman–Crippen LogP) is 6.36. The third-order valence-electron chi connectivity index (χ3n) is 5.81. The number of rotatable bonds is 9. The number of para-hydroxylation sites is 1. The molecular weight excluding hydrogens is 480 g/mol. The first-order valence-electron chi connectivity index (χ1n) is 12.0. The van der Waals surface area contributed by atoms with Crippen molar-refractivity contribution < 1.29 is 19.0 Å². The number of hydrogen-bond acceptors (Lipinski definition) is 7. The van der Waals surface area contributed by atoms with Crippen molar-refractivity contribution in [2.75, 3.05) is 24.9 Å². The van der Waals surface area contributed by atoms with Crippen LogP contribution in [0, 0.1) is 0 Å². The fourth-order valence-electron chi connectivity index (χ4n) is 3.99. The van der Waals surface area contributed by atoms with Crippen LogP contribution in [0.5, 0.6) is 23.0 Å². The zero-order valence-electron chi connectivity index (χ0n) is 21.0. The number of carbonyl (C=O) groups is 1. The van der Waals surface area contributed by atoms with Crippen molar-refractivity contribution in [3.8, 4) is 23.0 Å². The fourth-order valence-corrected chi connectivity index (χ4v) is 3.99. The fraction of sp³-hybridized carbons (Fsp3) is 0.100. The number of benzene rings is 4. The summed E-state index contributed by atoms with van der Waals surface area (Å²) in [5.74, 6) is 3.13. The van der Waals surface area contributed by atoms with Gasteiger partial charge in [-0.05, 0) is 60.2 Å². The van der Waals surface area contributed by atoms with Crippen LogP contribution >= 0.6 is 0 Å². The van der Waals surface area contributed by atoms with Gasteiger partial charge in [0.05, 0.1) is 26.2 Å². The average Bonchev–Trinajstić information content (AvgIpc) is 2.94. The van der Waals surface area contributed by atoms with Gasteiger partial charge in [0.15, 0.2) is 11.5 Å². The normalized spacial score (nSPS) is 10.6. The maximum atomic E-state index is 12.7. The van der Waals surface area contributed by atoms with Crippen molar-refractivity contribution in [2.45, 2.75) is 6.42 Å². The molecule has 190 valence electrons. The standard InChI is InChI=1S/C30H26N4O4/c1-36-27-17-25-26(18-28(27)37-2)31-19-32-30(25)34-22-13-11-21(12-14-22)33-29(35)16-20-7-6-10-24(15-20)38-23-8-4-3-5-9-23/h3-15,17-19H,16H2,1-2H3,(H,33,35)(H,31,32,34). The van der Waals surface area contributed by atoms with Crippen LogP contribution in [0.2, 0.25) is 0 Å². The molecule has 5 aromatic rings. The Balaban J connectivity index is 1.23. The number of ether oxygens (including phenoxy) is 3. The van der Waals surface area contributed by atoms with E-state index >= 15 is 0 Å². The first-order chi connectivity index (χ1) is 18.6. The molecule has 2 N–H and O–H groups in total. The Morgan fingerprint density at radius 3 is 2.24 bits per heavy atom. The first kappa shape index (κ1) is 24.6. The minimum Gasteiger partial charge on any atom is -0.493 e. The number of hydrogen-bond donors (Lipinski definition) is 2. The van der Waals surface area contributed by atoms with Gasteiger partial charge in [-0.3, -0.25) is 4.79 Å². The lowest BCUT2D eigenvalue weighted by molar-refractivity contribution is -0.115. The van der Waals surface area contributed by atoms with E-state index in [1.807, 2.05) is 91.0 Å². The van der Waals surface area contributed by atoms with Gasteiger partial charge in [-0.25, -0.2) is 9.97 Å². The van der Waals surface area contributed by atoms with E-state index in [1.165, 1.54) is 6.33 Å². The Kier molecular flexibility index (Phi) is 7.31. The molecule has 5 rings (SSSR count). The number of fused-ring (bicyclic) bond motifs is 1. The second-order valence-corrected chi connectivity index (χ2v) is 8.44. The smallest absolute Gasteiger partial charge is 0.228 e. The molecule has 0 spiro atoms. The van der Waals surface area contributed by atoms with E-state index in [2.05, 4.69) is 20.6 Å². The molecule has 38 heavy (non-hydrogen) atoms. The number of nitrogens with zero attached hydrogens (tertiary/aromatic N) is 2. The number of methoxy groups -OCH3 is 2.